The third kappa shape index (κ3) is 6.15. The number of hydrogen-bond acceptors (Lipinski definition) is 3. The molecule has 0 spiro atoms. The van der Waals surface area contributed by atoms with Crippen molar-refractivity contribution in [3.8, 4) is 0 Å². The van der Waals surface area contributed by atoms with Gasteiger partial charge in [0, 0.05) is 18.7 Å². The number of nitrogens with one attached hydrogen (secondary N) is 2. The standard InChI is InChI=1S/C25H32N4OS/c1-18-11-12-21-15-22(24(30)27-23(21)19(18)2)17-29(16-20-9-6-5-7-10-20)25(31)26-13-8-14-28(3)4/h5-7,9-12,15H,8,13-14,16-17H2,1-4H3,(H,26,31)(H,27,30). The van der Waals surface area contributed by atoms with Crippen LogP contribution in [0.25, 0.3) is 10.9 Å². The molecule has 0 aliphatic carbocycles. The monoisotopic (exact) mass is 436 g/mol. The van der Waals surface area contributed by atoms with Crippen molar-refractivity contribution in [1.82, 2.24) is 20.1 Å². The first-order chi connectivity index (χ1) is 14.8. The summed E-state index contributed by atoms with van der Waals surface area (Å²) in [6.45, 7) is 6.99. The Balaban J connectivity index is 1.83. The van der Waals surface area contributed by atoms with Crippen LogP contribution in [0.2, 0.25) is 0 Å². The van der Waals surface area contributed by atoms with Gasteiger partial charge in [-0.15, -0.1) is 0 Å². The van der Waals surface area contributed by atoms with E-state index in [1.54, 1.807) is 0 Å². The van der Waals surface area contributed by atoms with E-state index in [-0.39, 0.29) is 5.56 Å². The fraction of sp³-hybridized carbons (Fsp3) is 0.360. The van der Waals surface area contributed by atoms with E-state index >= 15 is 0 Å². The topological polar surface area (TPSA) is 51.4 Å². The van der Waals surface area contributed by atoms with Crippen molar-refractivity contribution in [2.24, 2.45) is 0 Å². The minimum atomic E-state index is -0.0605. The smallest absolute Gasteiger partial charge is 0.253 e. The summed E-state index contributed by atoms with van der Waals surface area (Å²) >= 11 is 5.72. The van der Waals surface area contributed by atoms with Gasteiger partial charge in [0.15, 0.2) is 5.11 Å². The van der Waals surface area contributed by atoms with Crippen LogP contribution in [0, 0.1) is 13.8 Å². The summed E-state index contributed by atoms with van der Waals surface area (Å²) in [6.07, 6.45) is 1.00. The molecule has 0 saturated heterocycles. The van der Waals surface area contributed by atoms with Crippen LogP contribution >= 0.6 is 12.2 Å². The molecule has 0 saturated carbocycles. The quantitative estimate of drug-likeness (QED) is 0.413. The zero-order valence-electron chi connectivity index (χ0n) is 18.9. The molecule has 1 aromatic heterocycles. The molecule has 0 amide bonds. The van der Waals surface area contributed by atoms with Gasteiger partial charge < -0.3 is 20.1 Å². The highest BCUT2D eigenvalue weighted by atomic mass is 32.1. The Labute approximate surface area is 190 Å². The number of aromatic nitrogens is 1. The first-order valence-electron chi connectivity index (χ1n) is 10.7. The Morgan fingerprint density at radius 3 is 2.52 bits per heavy atom. The van der Waals surface area contributed by atoms with Gasteiger partial charge >= 0.3 is 0 Å². The maximum absolute atomic E-state index is 12.9. The number of thiocarbonyl (C=S) groups is 1. The minimum absolute atomic E-state index is 0.0605. The molecule has 1 heterocycles. The lowest BCUT2D eigenvalue weighted by molar-refractivity contribution is 0.383. The highest BCUT2D eigenvalue weighted by molar-refractivity contribution is 7.80. The summed E-state index contributed by atoms with van der Waals surface area (Å²) in [5, 5.41) is 5.08. The molecule has 164 valence electrons. The number of nitrogens with zero attached hydrogens (tertiary/aromatic N) is 2. The molecule has 0 fully saturated rings. The molecule has 3 rings (SSSR count). The number of aromatic amines is 1. The van der Waals surface area contributed by atoms with E-state index in [0.717, 1.165) is 41.5 Å². The van der Waals surface area contributed by atoms with E-state index in [0.29, 0.717) is 23.8 Å². The third-order valence-corrected chi connectivity index (χ3v) is 5.95. The first-order valence-corrected chi connectivity index (χ1v) is 11.1. The maximum atomic E-state index is 12.9. The van der Waals surface area contributed by atoms with Crippen molar-refractivity contribution in [3.05, 3.63) is 81.1 Å². The number of fused-ring (bicyclic) bond motifs is 1. The first kappa shape index (κ1) is 23.0. The molecule has 0 radical (unpaired) electrons. The van der Waals surface area contributed by atoms with Crippen LogP contribution in [0.15, 0.2) is 53.3 Å². The molecule has 6 heteroatoms. The van der Waals surface area contributed by atoms with E-state index in [1.807, 2.05) is 31.2 Å². The van der Waals surface area contributed by atoms with Gasteiger partial charge in [0.2, 0.25) is 0 Å². The normalized spacial score (nSPS) is 11.1. The lowest BCUT2D eigenvalue weighted by Crippen LogP contribution is -2.40. The summed E-state index contributed by atoms with van der Waals surface area (Å²) in [5.74, 6) is 0. The van der Waals surface area contributed by atoms with E-state index < -0.39 is 0 Å². The molecule has 5 nitrogen and oxygen atoms in total. The van der Waals surface area contributed by atoms with Crippen molar-refractivity contribution >= 4 is 28.2 Å². The number of aryl methyl sites for hydroxylation is 2. The van der Waals surface area contributed by atoms with Crippen LogP contribution in [0.4, 0.5) is 0 Å². The average molecular weight is 437 g/mol. The molecule has 3 aromatic rings. The molecule has 0 unspecified atom stereocenters. The number of rotatable bonds is 8. The predicted octanol–water partition coefficient (Wildman–Crippen LogP) is 3.97. The molecule has 31 heavy (non-hydrogen) atoms. The zero-order chi connectivity index (χ0) is 22.4. The molecule has 0 aliphatic heterocycles. The molecule has 0 bridgehead atoms. The van der Waals surface area contributed by atoms with Crippen molar-refractivity contribution in [2.75, 3.05) is 27.2 Å². The number of benzene rings is 2. The molecular formula is C25H32N4OS. The van der Waals surface area contributed by atoms with Crippen LogP contribution in [-0.2, 0) is 13.1 Å². The maximum Gasteiger partial charge on any atom is 0.253 e. The third-order valence-electron chi connectivity index (χ3n) is 5.55. The zero-order valence-corrected chi connectivity index (χ0v) is 19.7. The summed E-state index contributed by atoms with van der Waals surface area (Å²) < 4.78 is 0. The van der Waals surface area contributed by atoms with Gasteiger partial charge in [-0.05, 0) is 81.3 Å². The Morgan fingerprint density at radius 2 is 1.81 bits per heavy atom. The number of H-pyrrole nitrogens is 1. The van der Waals surface area contributed by atoms with E-state index in [1.165, 1.54) is 5.56 Å². The fourth-order valence-corrected chi connectivity index (χ4v) is 3.83. The van der Waals surface area contributed by atoms with Gasteiger partial charge in [-0.2, -0.15) is 0 Å². The second-order valence-electron chi connectivity index (χ2n) is 8.33. The average Bonchev–Trinajstić information content (AvgIpc) is 2.75. The van der Waals surface area contributed by atoms with Gasteiger partial charge in [0.05, 0.1) is 12.1 Å². The fourth-order valence-electron chi connectivity index (χ4n) is 3.60. The van der Waals surface area contributed by atoms with Crippen LogP contribution in [0.3, 0.4) is 0 Å². The van der Waals surface area contributed by atoms with Crippen molar-refractivity contribution in [2.45, 2.75) is 33.4 Å². The van der Waals surface area contributed by atoms with Crippen LogP contribution in [0.1, 0.15) is 28.7 Å². The van der Waals surface area contributed by atoms with Gasteiger partial charge in [0.25, 0.3) is 5.56 Å². The Hall–Kier alpha value is -2.70. The molecule has 2 aromatic carbocycles. The van der Waals surface area contributed by atoms with Crippen molar-refractivity contribution in [1.29, 1.82) is 0 Å². The second-order valence-corrected chi connectivity index (χ2v) is 8.71. The highest BCUT2D eigenvalue weighted by Gasteiger charge is 2.14. The van der Waals surface area contributed by atoms with Crippen LogP contribution in [0.5, 0.6) is 0 Å². The summed E-state index contributed by atoms with van der Waals surface area (Å²) in [7, 11) is 4.13. The van der Waals surface area contributed by atoms with E-state index in [2.05, 4.69) is 65.4 Å². The van der Waals surface area contributed by atoms with Gasteiger partial charge in [-0.3, -0.25) is 4.79 Å². The lowest BCUT2D eigenvalue weighted by atomic mass is 10.0. The van der Waals surface area contributed by atoms with Crippen LogP contribution < -0.4 is 10.9 Å². The molecule has 2 N–H and O–H groups in total. The SMILES string of the molecule is Cc1ccc2cc(CN(Cc3ccccc3)C(=S)NCCCN(C)C)c(=O)[nH]c2c1C. The second kappa shape index (κ2) is 10.6. The summed E-state index contributed by atoms with van der Waals surface area (Å²) in [5.41, 5.74) is 5.00. The van der Waals surface area contributed by atoms with E-state index in [4.69, 9.17) is 12.2 Å². The molecule has 0 aliphatic rings. The Bertz CT molecular complexity index is 1090. The number of pyridine rings is 1. The van der Waals surface area contributed by atoms with Crippen molar-refractivity contribution in [3.63, 3.8) is 0 Å². The molecule has 0 atom stereocenters. The van der Waals surface area contributed by atoms with Gasteiger partial charge in [0.1, 0.15) is 0 Å². The number of hydrogen-bond donors (Lipinski definition) is 2. The minimum Gasteiger partial charge on any atom is -0.363 e. The molecular weight excluding hydrogens is 404 g/mol. The van der Waals surface area contributed by atoms with Gasteiger partial charge in [-0.25, -0.2) is 0 Å². The van der Waals surface area contributed by atoms with Gasteiger partial charge in [-0.1, -0.05) is 42.5 Å². The Morgan fingerprint density at radius 1 is 1.06 bits per heavy atom. The van der Waals surface area contributed by atoms with Crippen LogP contribution in [-0.4, -0.2) is 47.1 Å². The summed E-state index contributed by atoms with van der Waals surface area (Å²) in [6, 6.07) is 16.4. The summed E-state index contributed by atoms with van der Waals surface area (Å²) in [4.78, 5) is 20.2. The van der Waals surface area contributed by atoms with E-state index in [9.17, 15) is 4.79 Å². The van der Waals surface area contributed by atoms with Crippen molar-refractivity contribution < 1.29 is 0 Å². The highest BCUT2D eigenvalue weighted by Crippen LogP contribution is 2.19. The predicted molar refractivity (Wildman–Crippen MR) is 134 cm³/mol. The lowest BCUT2D eigenvalue weighted by Gasteiger charge is -2.26. The largest absolute Gasteiger partial charge is 0.363 e. The Kier molecular flexibility index (Phi) is 7.82.